The Kier molecular flexibility index (Phi) is 5.83. The lowest BCUT2D eigenvalue weighted by molar-refractivity contribution is 0.102. The van der Waals surface area contributed by atoms with E-state index in [1.54, 1.807) is 29.1 Å². The summed E-state index contributed by atoms with van der Waals surface area (Å²) in [5.74, 6) is -0.384. The number of rotatable bonds is 6. The number of nitrogens with zero attached hydrogens (tertiary/aromatic N) is 3. The van der Waals surface area contributed by atoms with Gasteiger partial charge in [0.1, 0.15) is 0 Å². The first-order chi connectivity index (χ1) is 13.3. The van der Waals surface area contributed by atoms with Crippen molar-refractivity contribution in [2.24, 2.45) is 0 Å². The number of carbonyl (C=O) groups excluding carboxylic acids is 1. The third-order valence-corrected chi connectivity index (χ3v) is 6.24. The topological polar surface area (TPSA) is 84.3 Å². The van der Waals surface area contributed by atoms with Gasteiger partial charge in [-0.3, -0.25) is 9.48 Å². The van der Waals surface area contributed by atoms with E-state index in [1.807, 2.05) is 18.2 Å². The molecule has 0 spiro atoms. The van der Waals surface area contributed by atoms with E-state index in [4.69, 9.17) is 11.6 Å². The predicted molar refractivity (Wildman–Crippen MR) is 108 cm³/mol. The van der Waals surface area contributed by atoms with Crippen molar-refractivity contribution in [2.45, 2.75) is 11.4 Å². The van der Waals surface area contributed by atoms with Crippen LogP contribution < -0.4 is 5.32 Å². The van der Waals surface area contributed by atoms with Crippen molar-refractivity contribution in [1.29, 1.82) is 0 Å². The van der Waals surface area contributed by atoms with Crippen molar-refractivity contribution in [1.82, 2.24) is 14.1 Å². The van der Waals surface area contributed by atoms with Crippen molar-refractivity contribution >= 4 is 33.2 Å². The van der Waals surface area contributed by atoms with Gasteiger partial charge in [-0.05, 0) is 29.8 Å². The van der Waals surface area contributed by atoms with Crippen LogP contribution in [0.2, 0.25) is 5.02 Å². The molecule has 0 unspecified atom stereocenters. The average molecular weight is 419 g/mol. The third kappa shape index (κ3) is 4.41. The van der Waals surface area contributed by atoms with Crippen LogP contribution in [-0.2, 0) is 16.6 Å². The fourth-order valence-corrected chi connectivity index (χ4v) is 3.66. The van der Waals surface area contributed by atoms with Gasteiger partial charge in [0, 0.05) is 31.0 Å². The number of anilines is 1. The third-order valence-electron chi connectivity index (χ3n) is 4.06. The molecule has 28 heavy (non-hydrogen) atoms. The van der Waals surface area contributed by atoms with Gasteiger partial charge in [0.05, 0.1) is 23.2 Å². The molecule has 0 saturated heterocycles. The molecule has 0 saturated carbocycles. The lowest BCUT2D eigenvalue weighted by Gasteiger charge is -2.12. The lowest BCUT2D eigenvalue weighted by atomic mass is 10.2. The minimum Gasteiger partial charge on any atom is -0.322 e. The standard InChI is InChI=1S/C19H19ClN4O3S/c1-23(2)28(26,27)17-8-5-7-16(10-17)22-19(25)15-11-21-24(13-15)12-14-6-3-4-9-18(14)20/h3-11,13H,12H2,1-2H3,(H,22,25). The number of nitrogens with one attached hydrogen (secondary N) is 1. The molecule has 3 aromatic rings. The first-order valence-electron chi connectivity index (χ1n) is 8.37. The normalized spacial score (nSPS) is 11.6. The zero-order chi connectivity index (χ0) is 20.3. The van der Waals surface area contributed by atoms with E-state index in [0.717, 1.165) is 9.87 Å². The van der Waals surface area contributed by atoms with Gasteiger partial charge in [-0.2, -0.15) is 5.10 Å². The monoisotopic (exact) mass is 418 g/mol. The zero-order valence-corrected chi connectivity index (χ0v) is 16.9. The van der Waals surface area contributed by atoms with Crippen LogP contribution >= 0.6 is 11.6 Å². The fourth-order valence-electron chi connectivity index (χ4n) is 2.52. The molecular formula is C19H19ClN4O3S. The number of sulfonamides is 1. The molecule has 0 radical (unpaired) electrons. The lowest BCUT2D eigenvalue weighted by Crippen LogP contribution is -2.22. The Morgan fingerprint density at radius 1 is 1.18 bits per heavy atom. The molecule has 0 bridgehead atoms. The van der Waals surface area contributed by atoms with Crippen molar-refractivity contribution in [3.63, 3.8) is 0 Å². The van der Waals surface area contributed by atoms with Gasteiger partial charge < -0.3 is 5.32 Å². The van der Waals surface area contributed by atoms with Gasteiger partial charge in [0.25, 0.3) is 5.91 Å². The Bertz CT molecular complexity index is 1110. The molecule has 7 nitrogen and oxygen atoms in total. The van der Waals surface area contributed by atoms with Gasteiger partial charge >= 0.3 is 0 Å². The summed E-state index contributed by atoms with van der Waals surface area (Å²) in [5.41, 5.74) is 1.63. The Hall–Kier alpha value is -2.68. The largest absolute Gasteiger partial charge is 0.322 e. The van der Waals surface area contributed by atoms with Crippen LogP contribution in [0.1, 0.15) is 15.9 Å². The number of halogens is 1. The first-order valence-corrected chi connectivity index (χ1v) is 10.2. The smallest absolute Gasteiger partial charge is 0.258 e. The van der Waals surface area contributed by atoms with Crippen LogP contribution in [0.25, 0.3) is 0 Å². The second kappa shape index (κ2) is 8.14. The van der Waals surface area contributed by atoms with Gasteiger partial charge in [-0.1, -0.05) is 35.9 Å². The molecule has 0 aliphatic rings. The zero-order valence-electron chi connectivity index (χ0n) is 15.3. The number of aromatic nitrogens is 2. The van der Waals surface area contributed by atoms with Crippen LogP contribution in [0.3, 0.4) is 0 Å². The average Bonchev–Trinajstić information content (AvgIpc) is 3.12. The summed E-state index contributed by atoms with van der Waals surface area (Å²) in [6, 6.07) is 13.5. The maximum atomic E-state index is 12.5. The Morgan fingerprint density at radius 3 is 2.64 bits per heavy atom. The van der Waals surface area contributed by atoms with E-state index in [2.05, 4.69) is 10.4 Å². The summed E-state index contributed by atoms with van der Waals surface area (Å²) >= 11 is 6.15. The molecule has 9 heteroatoms. The molecule has 0 fully saturated rings. The van der Waals surface area contributed by atoms with Gasteiger partial charge in [-0.15, -0.1) is 0 Å². The highest BCUT2D eigenvalue weighted by Gasteiger charge is 2.18. The second-order valence-electron chi connectivity index (χ2n) is 6.29. The molecular weight excluding hydrogens is 400 g/mol. The van der Waals surface area contributed by atoms with E-state index in [9.17, 15) is 13.2 Å². The summed E-state index contributed by atoms with van der Waals surface area (Å²) in [7, 11) is -0.677. The molecule has 0 aliphatic heterocycles. The molecule has 146 valence electrons. The Balaban J connectivity index is 1.74. The minimum atomic E-state index is -3.58. The number of benzene rings is 2. The first kappa shape index (κ1) is 20.1. The van der Waals surface area contributed by atoms with Gasteiger partial charge in [0.2, 0.25) is 10.0 Å². The summed E-state index contributed by atoms with van der Waals surface area (Å²) in [5, 5.41) is 7.51. The second-order valence-corrected chi connectivity index (χ2v) is 8.85. The van der Waals surface area contributed by atoms with Crippen molar-refractivity contribution in [3.8, 4) is 0 Å². The fraction of sp³-hybridized carbons (Fsp3) is 0.158. The summed E-state index contributed by atoms with van der Waals surface area (Å²) in [6.45, 7) is 0.434. The highest BCUT2D eigenvalue weighted by molar-refractivity contribution is 7.89. The maximum absolute atomic E-state index is 12.5. The maximum Gasteiger partial charge on any atom is 0.258 e. The van der Waals surface area contributed by atoms with Crippen molar-refractivity contribution in [2.75, 3.05) is 19.4 Å². The predicted octanol–water partition coefficient (Wildman–Crippen LogP) is 3.09. The summed E-state index contributed by atoms with van der Waals surface area (Å²) < 4.78 is 27.2. The molecule has 0 aliphatic carbocycles. The van der Waals surface area contributed by atoms with E-state index in [0.29, 0.717) is 22.8 Å². The molecule has 1 N–H and O–H groups in total. The molecule has 3 rings (SSSR count). The molecule has 1 heterocycles. The van der Waals surface area contributed by atoms with Gasteiger partial charge in [-0.25, -0.2) is 12.7 Å². The number of hydrogen-bond acceptors (Lipinski definition) is 4. The van der Waals surface area contributed by atoms with E-state index < -0.39 is 10.0 Å². The van der Waals surface area contributed by atoms with Crippen LogP contribution in [0.5, 0.6) is 0 Å². The molecule has 0 atom stereocenters. The molecule has 1 aromatic heterocycles. The van der Waals surface area contributed by atoms with E-state index in [1.165, 1.54) is 32.4 Å². The summed E-state index contributed by atoms with van der Waals surface area (Å²) in [6.07, 6.45) is 3.06. The molecule has 2 aromatic carbocycles. The van der Waals surface area contributed by atoms with Crippen LogP contribution in [0.4, 0.5) is 5.69 Å². The van der Waals surface area contributed by atoms with Crippen LogP contribution in [-0.4, -0.2) is 42.5 Å². The van der Waals surface area contributed by atoms with E-state index >= 15 is 0 Å². The number of hydrogen-bond donors (Lipinski definition) is 1. The quantitative estimate of drug-likeness (QED) is 0.666. The highest BCUT2D eigenvalue weighted by atomic mass is 35.5. The van der Waals surface area contributed by atoms with Crippen LogP contribution in [0, 0.1) is 0 Å². The summed E-state index contributed by atoms with van der Waals surface area (Å²) in [4.78, 5) is 12.6. The van der Waals surface area contributed by atoms with Gasteiger partial charge in [0.15, 0.2) is 0 Å². The number of amides is 1. The molecule has 1 amide bonds. The number of carbonyl (C=O) groups is 1. The Morgan fingerprint density at radius 2 is 1.93 bits per heavy atom. The SMILES string of the molecule is CN(C)S(=O)(=O)c1cccc(NC(=O)c2cnn(Cc3ccccc3Cl)c2)c1. The van der Waals surface area contributed by atoms with Crippen molar-refractivity contribution < 1.29 is 13.2 Å². The minimum absolute atomic E-state index is 0.102. The van der Waals surface area contributed by atoms with Crippen LogP contribution in [0.15, 0.2) is 65.8 Å². The highest BCUT2D eigenvalue weighted by Crippen LogP contribution is 2.19. The van der Waals surface area contributed by atoms with E-state index in [-0.39, 0.29) is 10.8 Å². The van der Waals surface area contributed by atoms with Crippen molar-refractivity contribution in [3.05, 3.63) is 77.1 Å². The Labute approximate surface area is 168 Å².